The van der Waals surface area contributed by atoms with Crippen molar-refractivity contribution in [2.24, 2.45) is 11.1 Å². The summed E-state index contributed by atoms with van der Waals surface area (Å²) in [6.45, 7) is 0.632. The Kier molecular flexibility index (Phi) is 6.01. The molecule has 1 heterocycles. The van der Waals surface area contributed by atoms with Crippen LogP contribution in [0.4, 0.5) is 0 Å². The van der Waals surface area contributed by atoms with Gasteiger partial charge in [0.05, 0.1) is 11.6 Å². The number of hydrogen-bond donors (Lipinski definition) is 2. The molecule has 3 N–H and O–H groups in total. The minimum absolute atomic E-state index is 0.0674. The summed E-state index contributed by atoms with van der Waals surface area (Å²) in [6, 6.07) is 22.8. The average molecular weight is 441 g/mol. The number of primary amides is 1. The van der Waals surface area contributed by atoms with Crippen molar-refractivity contribution in [3.05, 3.63) is 83.9 Å². The van der Waals surface area contributed by atoms with Gasteiger partial charge in [-0.25, -0.2) is 0 Å². The second-order valence-electron chi connectivity index (χ2n) is 8.17. The Bertz CT molecular complexity index is 1200. The fraction of sp³-hybridized carbons (Fsp3) is 0.192. The highest BCUT2D eigenvalue weighted by Crippen LogP contribution is 2.33. The van der Waals surface area contributed by atoms with Crippen molar-refractivity contribution in [2.45, 2.75) is 6.42 Å². The maximum absolute atomic E-state index is 12.8. The lowest BCUT2D eigenvalue weighted by Crippen LogP contribution is -2.45. The predicted molar refractivity (Wildman–Crippen MR) is 122 cm³/mol. The number of nitriles is 1. The molecular weight excluding hydrogens is 418 g/mol. The van der Waals surface area contributed by atoms with Crippen LogP contribution in [0.15, 0.2) is 72.8 Å². The van der Waals surface area contributed by atoms with Crippen LogP contribution in [0.5, 0.6) is 11.5 Å². The maximum atomic E-state index is 12.8. The van der Waals surface area contributed by atoms with E-state index in [1.807, 2.05) is 36.4 Å². The number of phenolic OH excluding ortho intramolecular Hbond substituents is 1. The zero-order valence-electron chi connectivity index (χ0n) is 17.9. The van der Waals surface area contributed by atoms with Crippen molar-refractivity contribution in [2.75, 3.05) is 19.7 Å². The summed E-state index contributed by atoms with van der Waals surface area (Å²) < 4.78 is 5.92. The first kappa shape index (κ1) is 21.9. The third-order valence-electron chi connectivity index (χ3n) is 5.99. The number of carbonyl (C=O) groups is 2. The minimum atomic E-state index is -0.974. The predicted octanol–water partition coefficient (Wildman–Crippen LogP) is 3.33. The first-order valence-electron chi connectivity index (χ1n) is 10.5. The lowest BCUT2D eigenvalue weighted by Gasteiger charge is -2.26. The van der Waals surface area contributed by atoms with Crippen molar-refractivity contribution >= 4 is 11.8 Å². The molecule has 1 saturated heterocycles. The molecule has 7 heteroatoms. The smallest absolute Gasteiger partial charge is 0.253 e. The molecule has 0 saturated carbocycles. The quantitative estimate of drug-likeness (QED) is 0.609. The van der Waals surface area contributed by atoms with Gasteiger partial charge in [-0.3, -0.25) is 9.59 Å². The van der Waals surface area contributed by atoms with Crippen LogP contribution in [-0.2, 0) is 4.79 Å². The highest BCUT2D eigenvalue weighted by molar-refractivity contribution is 5.95. The highest BCUT2D eigenvalue weighted by atomic mass is 16.5. The largest absolute Gasteiger partial charge is 0.508 e. The average Bonchev–Trinajstić information content (AvgIpc) is 3.29. The molecule has 7 nitrogen and oxygen atoms in total. The lowest BCUT2D eigenvalue weighted by atomic mass is 9.87. The van der Waals surface area contributed by atoms with Gasteiger partial charge in [0.15, 0.2) is 0 Å². The standard InChI is InChI=1S/C26H23N3O4/c27-15-18-1-3-19(4-2-18)20-7-11-23(12-8-20)33-17-26(25(28)32)13-14-29(16-26)24(31)21-5-9-22(30)10-6-21/h1-12,30H,13-14,16-17H2,(H2,28,32). The molecule has 1 atom stereocenters. The molecule has 33 heavy (non-hydrogen) atoms. The van der Waals surface area contributed by atoms with E-state index in [1.165, 1.54) is 12.1 Å². The number of hydrogen-bond acceptors (Lipinski definition) is 5. The van der Waals surface area contributed by atoms with Crippen LogP contribution in [0.3, 0.4) is 0 Å². The Balaban J connectivity index is 1.42. The normalized spacial score (nSPS) is 17.4. The molecule has 1 unspecified atom stereocenters. The van der Waals surface area contributed by atoms with Crippen molar-refractivity contribution in [3.8, 4) is 28.7 Å². The van der Waals surface area contributed by atoms with Crippen molar-refractivity contribution in [3.63, 3.8) is 0 Å². The second kappa shape index (κ2) is 9.05. The fourth-order valence-corrected chi connectivity index (χ4v) is 3.92. The van der Waals surface area contributed by atoms with Gasteiger partial charge in [-0.1, -0.05) is 24.3 Å². The number of aromatic hydroxyl groups is 1. The summed E-state index contributed by atoms with van der Waals surface area (Å²) in [5.41, 5.74) is 7.75. The van der Waals surface area contributed by atoms with Gasteiger partial charge in [0.25, 0.3) is 5.91 Å². The summed E-state index contributed by atoms with van der Waals surface area (Å²) in [5, 5.41) is 18.4. The Morgan fingerprint density at radius 3 is 2.18 bits per heavy atom. The number of ether oxygens (including phenoxy) is 1. The Labute approximate surface area is 191 Å². The Hall–Kier alpha value is -4.31. The molecule has 3 aromatic carbocycles. The number of benzene rings is 3. The van der Waals surface area contributed by atoms with Crippen LogP contribution >= 0.6 is 0 Å². The molecule has 1 aliphatic heterocycles. The molecule has 1 aliphatic rings. The first-order chi connectivity index (χ1) is 15.9. The summed E-state index contributed by atoms with van der Waals surface area (Å²) in [5.74, 6) is -0.0445. The molecule has 166 valence electrons. The molecule has 0 bridgehead atoms. The van der Waals surface area contributed by atoms with E-state index in [4.69, 9.17) is 15.7 Å². The zero-order valence-corrected chi connectivity index (χ0v) is 17.9. The molecule has 3 aromatic rings. The van der Waals surface area contributed by atoms with Gasteiger partial charge in [0, 0.05) is 18.7 Å². The molecule has 4 rings (SSSR count). The van der Waals surface area contributed by atoms with Gasteiger partial charge in [-0.05, 0) is 66.1 Å². The Morgan fingerprint density at radius 2 is 1.61 bits per heavy atom. The van der Waals surface area contributed by atoms with Crippen LogP contribution < -0.4 is 10.5 Å². The number of carbonyl (C=O) groups excluding carboxylic acids is 2. The second-order valence-corrected chi connectivity index (χ2v) is 8.17. The van der Waals surface area contributed by atoms with Crippen LogP contribution in [-0.4, -0.2) is 41.5 Å². The van der Waals surface area contributed by atoms with E-state index in [0.29, 0.717) is 29.8 Å². The fourth-order valence-electron chi connectivity index (χ4n) is 3.92. The summed E-state index contributed by atoms with van der Waals surface area (Å²) in [6.07, 6.45) is 0.412. The Morgan fingerprint density at radius 1 is 1.00 bits per heavy atom. The zero-order chi connectivity index (χ0) is 23.4. The molecule has 0 aliphatic carbocycles. The van der Waals surface area contributed by atoms with Gasteiger partial charge in [-0.2, -0.15) is 5.26 Å². The van der Waals surface area contributed by atoms with Gasteiger partial charge in [0.2, 0.25) is 5.91 Å². The van der Waals surface area contributed by atoms with Crippen LogP contribution in [0, 0.1) is 16.7 Å². The van der Waals surface area contributed by atoms with E-state index in [-0.39, 0.29) is 24.8 Å². The van der Waals surface area contributed by atoms with Gasteiger partial charge < -0.3 is 20.5 Å². The van der Waals surface area contributed by atoms with E-state index in [1.54, 1.807) is 29.2 Å². The molecule has 0 radical (unpaired) electrons. The number of nitrogens with two attached hydrogens (primary N) is 1. The van der Waals surface area contributed by atoms with Crippen molar-refractivity contribution in [1.29, 1.82) is 5.26 Å². The summed E-state index contributed by atoms with van der Waals surface area (Å²) in [4.78, 5) is 26.7. The summed E-state index contributed by atoms with van der Waals surface area (Å²) in [7, 11) is 0. The molecule has 0 aromatic heterocycles. The monoisotopic (exact) mass is 441 g/mol. The van der Waals surface area contributed by atoms with Crippen LogP contribution in [0.1, 0.15) is 22.3 Å². The van der Waals surface area contributed by atoms with Crippen molar-refractivity contribution in [1.82, 2.24) is 4.90 Å². The third-order valence-corrected chi connectivity index (χ3v) is 5.99. The van der Waals surface area contributed by atoms with Crippen molar-refractivity contribution < 1.29 is 19.4 Å². The van der Waals surface area contributed by atoms with Gasteiger partial charge in [-0.15, -0.1) is 0 Å². The van der Waals surface area contributed by atoms with E-state index < -0.39 is 11.3 Å². The SMILES string of the molecule is N#Cc1ccc(-c2ccc(OCC3(C(N)=O)CCN(C(=O)c4ccc(O)cc4)C3)cc2)cc1. The minimum Gasteiger partial charge on any atom is -0.508 e. The van der Waals surface area contributed by atoms with Crippen LogP contribution in [0.25, 0.3) is 11.1 Å². The van der Waals surface area contributed by atoms with E-state index in [9.17, 15) is 14.7 Å². The third kappa shape index (κ3) is 4.65. The number of amides is 2. The topological polar surface area (TPSA) is 117 Å². The lowest BCUT2D eigenvalue weighted by molar-refractivity contribution is -0.128. The summed E-state index contributed by atoms with van der Waals surface area (Å²) >= 11 is 0. The number of likely N-dealkylation sites (tertiary alicyclic amines) is 1. The van der Waals surface area contributed by atoms with Crippen LogP contribution in [0.2, 0.25) is 0 Å². The van der Waals surface area contributed by atoms with E-state index in [0.717, 1.165) is 11.1 Å². The van der Waals surface area contributed by atoms with E-state index in [2.05, 4.69) is 6.07 Å². The first-order valence-corrected chi connectivity index (χ1v) is 10.5. The molecule has 0 spiro atoms. The molecular formula is C26H23N3O4. The van der Waals surface area contributed by atoms with Gasteiger partial charge in [0.1, 0.15) is 23.5 Å². The molecule has 2 amide bonds. The maximum Gasteiger partial charge on any atom is 0.253 e. The van der Waals surface area contributed by atoms with E-state index >= 15 is 0 Å². The number of nitrogens with zero attached hydrogens (tertiary/aromatic N) is 2. The number of rotatable bonds is 6. The van der Waals surface area contributed by atoms with Gasteiger partial charge >= 0.3 is 0 Å². The number of phenols is 1. The highest BCUT2D eigenvalue weighted by Gasteiger charge is 2.45. The molecule has 1 fully saturated rings.